The summed E-state index contributed by atoms with van der Waals surface area (Å²) in [6.45, 7) is 1.15. The molecule has 2 rings (SSSR count). The summed E-state index contributed by atoms with van der Waals surface area (Å²) in [5, 5.41) is 8.95. The van der Waals surface area contributed by atoms with Gasteiger partial charge in [0, 0.05) is 13.2 Å². The highest BCUT2D eigenvalue weighted by molar-refractivity contribution is 7.88. The molecule has 0 aromatic heterocycles. The van der Waals surface area contributed by atoms with Crippen LogP contribution in [0.3, 0.4) is 0 Å². The maximum atomic E-state index is 12.0. The third-order valence-corrected chi connectivity index (χ3v) is 4.63. The fraction of sp³-hybridized carbons (Fsp3) is 0.500. The van der Waals surface area contributed by atoms with Crippen LogP contribution >= 0.6 is 0 Å². The van der Waals surface area contributed by atoms with E-state index in [2.05, 4.69) is 4.72 Å². The Kier molecular flexibility index (Phi) is 5.12. The predicted octanol–water partition coefficient (Wildman–Crippen LogP) is 1.55. The van der Waals surface area contributed by atoms with Crippen LogP contribution in [0.2, 0.25) is 0 Å². The van der Waals surface area contributed by atoms with E-state index in [-0.39, 0.29) is 11.9 Å². The third kappa shape index (κ3) is 4.30. The Morgan fingerprint density at radius 2 is 2.20 bits per heavy atom. The van der Waals surface area contributed by atoms with Gasteiger partial charge in [-0.25, -0.2) is 13.1 Å². The van der Waals surface area contributed by atoms with Crippen LogP contribution < -0.4 is 4.72 Å². The maximum absolute atomic E-state index is 12.0. The monoisotopic (exact) mass is 294 g/mol. The molecule has 20 heavy (non-hydrogen) atoms. The molecule has 0 bridgehead atoms. The first-order chi connectivity index (χ1) is 9.61. The van der Waals surface area contributed by atoms with Crippen LogP contribution in [0, 0.1) is 11.3 Å². The van der Waals surface area contributed by atoms with Crippen LogP contribution in [-0.2, 0) is 20.5 Å². The molecular formula is C14H18N2O3S. The molecule has 1 N–H and O–H groups in total. The molecule has 0 radical (unpaired) electrons. The molecule has 5 nitrogen and oxygen atoms in total. The van der Waals surface area contributed by atoms with E-state index >= 15 is 0 Å². The lowest BCUT2D eigenvalue weighted by atomic mass is 10.1. The van der Waals surface area contributed by atoms with Gasteiger partial charge in [0.25, 0.3) is 0 Å². The van der Waals surface area contributed by atoms with Crippen molar-refractivity contribution < 1.29 is 13.2 Å². The molecular weight excluding hydrogens is 276 g/mol. The van der Waals surface area contributed by atoms with E-state index in [4.69, 9.17) is 10.00 Å². The molecule has 0 aliphatic carbocycles. The molecule has 1 atom stereocenters. The van der Waals surface area contributed by atoms with Gasteiger partial charge < -0.3 is 4.74 Å². The molecule has 1 unspecified atom stereocenters. The summed E-state index contributed by atoms with van der Waals surface area (Å²) < 4.78 is 32.0. The minimum atomic E-state index is -3.42. The van der Waals surface area contributed by atoms with Gasteiger partial charge in [0.1, 0.15) is 0 Å². The van der Waals surface area contributed by atoms with Gasteiger partial charge in [-0.15, -0.1) is 0 Å². The van der Waals surface area contributed by atoms with E-state index in [9.17, 15) is 8.42 Å². The van der Waals surface area contributed by atoms with Crippen molar-refractivity contribution in [3.63, 3.8) is 0 Å². The molecule has 1 saturated heterocycles. The van der Waals surface area contributed by atoms with E-state index in [0.717, 1.165) is 19.4 Å². The largest absolute Gasteiger partial charge is 0.378 e. The quantitative estimate of drug-likeness (QED) is 0.863. The summed E-state index contributed by atoms with van der Waals surface area (Å²) in [5.74, 6) is -0.164. The van der Waals surface area contributed by atoms with Gasteiger partial charge >= 0.3 is 0 Å². The summed E-state index contributed by atoms with van der Waals surface area (Å²) in [7, 11) is -3.42. The van der Waals surface area contributed by atoms with E-state index in [1.54, 1.807) is 24.3 Å². The van der Waals surface area contributed by atoms with Crippen LogP contribution in [-0.4, -0.2) is 27.7 Å². The Labute approximate surface area is 119 Å². The first-order valence-corrected chi connectivity index (χ1v) is 8.33. The van der Waals surface area contributed by atoms with Gasteiger partial charge in [0.15, 0.2) is 0 Å². The molecule has 1 aromatic carbocycles. The zero-order valence-electron chi connectivity index (χ0n) is 11.2. The molecule has 1 aliphatic rings. The highest BCUT2D eigenvalue weighted by Gasteiger charge is 2.18. The Balaban J connectivity index is 1.88. The molecule has 1 aliphatic heterocycles. The minimum absolute atomic E-state index is 0.164. The van der Waals surface area contributed by atoms with Crippen molar-refractivity contribution in [3.8, 4) is 6.07 Å². The second kappa shape index (κ2) is 6.84. The smallest absolute Gasteiger partial charge is 0.215 e. The number of nitrogens with zero attached hydrogens (tertiary/aromatic N) is 1. The number of hydrogen-bond acceptors (Lipinski definition) is 4. The van der Waals surface area contributed by atoms with Gasteiger partial charge in [0.05, 0.1) is 23.5 Å². The lowest BCUT2D eigenvalue weighted by Gasteiger charge is -2.11. The Morgan fingerprint density at radius 3 is 2.90 bits per heavy atom. The highest BCUT2D eigenvalue weighted by atomic mass is 32.2. The topological polar surface area (TPSA) is 79.2 Å². The molecule has 6 heteroatoms. The van der Waals surface area contributed by atoms with Crippen molar-refractivity contribution in [2.45, 2.75) is 31.1 Å². The average Bonchev–Trinajstić information content (AvgIpc) is 2.92. The number of benzene rings is 1. The molecule has 108 valence electrons. The van der Waals surface area contributed by atoms with Crippen molar-refractivity contribution in [2.75, 3.05) is 13.2 Å². The molecule has 0 spiro atoms. The Morgan fingerprint density at radius 1 is 1.40 bits per heavy atom. The second-order valence-electron chi connectivity index (χ2n) is 4.85. The molecule has 0 amide bonds. The first-order valence-electron chi connectivity index (χ1n) is 6.68. The SMILES string of the molecule is N#Cc1ccccc1CS(=O)(=O)NCCC1CCCO1. The number of nitrogens with one attached hydrogen (secondary N) is 1. The summed E-state index contributed by atoms with van der Waals surface area (Å²) in [4.78, 5) is 0. The molecule has 1 aromatic rings. The van der Waals surface area contributed by atoms with Crippen LogP contribution in [0.15, 0.2) is 24.3 Å². The first kappa shape index (κ1) is 15.0. The number of sulfonamides is 1. The van der Waals surface area contributed by atoms with Gasteiger partial charge in [-0.05, 0) is 30.9 Å². The fourth-order valence-corrected chi connectivity index (χ4v) is 3.45. The fourth-order valence-electron chi connectivity index (χ4n) is 2.26. The van der Waals surface area contributed by atoms with Crippen LogP contribution in [0.25, 0.3) is 0 Å². The lowest BCUT2D eigenvalue weighted by molar-refractivity contribution is 0.105. The minimum Gasteiger partial charge on any atom is -0.378 e. The third-order valence-electron chi connectivity index (χ3n) is 3.30. The van der Waals surface area contributed by atoms with Crippen LogP contribution in [0.5, 0.6) is 0 Å². The van der Waals surface area contributed by atoms with Gasteiger partial charge in [-0.3, -0.25) is 0 Å². The average molecular weight is 294 g/mol. The molecule has 1 fully saturated rings. The number of ether oxygens (including phenoxy) is 1. The van der Waals surface area contributed by atoms with Crippen LogP contribution in [0.1, 0.15) is 30.4 Å². The second-order valence-corrected chi connectivity index (χ2v) is 6.65. The van der Waals surface area contributed by atoms with Crippen molar-refractivity contribution >= 4 is 10.0 Å². The van der Waals surface area contributed by atoms with Crippen molar-refractivity contribution in [1.29, 1.82) is 5.26 Å². The van der Waals surface area contributed by atoms with E-state index in [0.29, 0.717) is 24.1 Å². The Bertz CT molecular complexity index is 587. The van der Waals surface area contributed by atoms with Gasteiger partial charge in [0.2, 0.25) is 10.0 Å². The van der Waals surface area contributed by atoms with E-state index < -0.39 is 10.0 Å². The van der Waals surface area contributed by atoms with Crippen molar-refractivity contribution in [2.24, 2.45) is 0 Å². The van der Waals surface area contributed by atoms with Crippen molar-refractivity contribution in [3.05, 3.63) is 35.4 Å². The predicted molar refractivity (Wildman–Crippen MR) is 75.4 cm³/mol. The Hall–Kier alpha value is -1.42. The van der Waals surface area contributed by atoms with E-state index in [1.807, 2.05) is 6.07 Å². The number of rotatable bonds is 6. The number of hydrogen-bond donors (Lipinski definition) is 1. The van der Waals surface area contributed by atoms with E-state index in [1.165, 1.54) is 0 Å². The standard InChI is InChI=1S/C14H18N2O3S/c15-10-12-4-1-2-5-13(12)11-20(17,18)16-8-7-14-6-3-9-19-14/h1-2,4-5,14,16H,3,6-9,11H2. The normalized spacial score (nSPS) is 18.9. The highest BCUT2D eigenvalue weighted by Crippen LogP contribution is 2.15. The van der Waals surface area contributed by atoms with Gasteiger partial charge in [-0.2, -0.15) is 5.26 Å². The summed E-state index contributed by atoms with van der Waals surface area (Å²) in [6, 6.07) is 8.75. The number of nitriles is 1. The molecule has 0 saturated carbocycles. The zero-order valence-corrected chi connectivity index (χ0v) is 12.0. The summed E-state index contributed by atoms with van der Waals surface area (Å²) in [6.07, 6.45) is 2.91. The maximum Gasteiger partial charge on any atom is 0.215 e. The summed E-state index contributed by atoms with van der Waals surface area (Å²) in [5.41, 5.74) is 0.927. The lowest BCUT2D eigenvalue weighted by Crippen LogP contribution is -2.28. The molecule has 1 heterocycles. The van der Waals surface area contributed by atoms with Crippen molar-refractivity contribution in [1.82, 2.24) is 4.72 Å². The zero-order chi connectivity index (χ0) is 14.4. The van der Waals surface area contributed by atoms with Gasteiger partial charge in [-0.1, -0.05) is 18.2 Å². The van der Waals surface area contributed by atoms with Crippen LogP contribution in [0.4, 0.5) is 0 Å². The summed E-state index contributed by atoms with van der Waals surface area (Å²) >= 11 is 0.